The fourth-order valence-corrected chi connectivity index (χ4v) is 1.75. The first kappa shape index (κ1) is 14.2. The molecule has 1 aromatic carbocycles. The highest BCUT2D eigenvalue weighted by molar-refractivity contribution is 6.38. The number of hydrogen-bond donors (Lipinski definition) is 0. The molecular weight excluding hydrogens is 230 g/mol. The minimum absolute atomic E-state index is 0.199. The highest BCUT2D eigenvalue weighted by atomic mass is 16.5. The molecular formula is C14H19NO3. The molecule has 1 aromatic rings. The standard InChI is InChI=1S/C14H19NO3/c1-6-18-14(17)13(16)15(5)12-8-10(3)9(2)7-11(12)4/h7-8H,6H2,1-5H3. The van der Waals surface area contributed by atoms with E-state index < -0.39 is 11.9 Å². The Labute approximate surface area is 108 Å². The van der Waals surface area contributed by atoms with Crippen LogP contribution in [0.1, 0.15) is 23.6 Å². The minimum atomic E-state index is -0.822. The molecule has 0 radical (unpaired) electrons. The summed E-state index contributed by atoms with van der Waals surface area (Å²) in [5, 5.41) is 0. The van der Waals surface area contributed by atoms with E-state index in [1.54, 1.807) is 14.0 Å². The SMILES string of the molecule is CCOC(=O)C(=O)N(C)c1cc(C)c(C)cc1C. The van der Waals surface area contributed by atoms with Crippen LogP contribution >= 0.6 is 0 Å². The van der Waals surface area contributed by atoms with E-state index >= 15 is 0 Å². The van der Waals surface area contributed by atoms with Gasteiger partial charge in [0.25, 0.3) is 0 Å². The molecule has 0 atom stereocenters. The van der Waals surface area contributed by atoms with Gasteiger partial charge in [0.05, 0.1) is 6.61 Å². The third-order valence-electron chi connectivity index (χ3n) is 2.93. The third kappa shape index (κ3) is 2.88. The number of amides is 1. The Morgan fingerprint density at radius 2 is 1.67 bits per heavy atom. The van der Waals surface area contributed by atoms with E-state index in [1.807, 2.05) is 32.9 Å². The van der Waals surface area contributed by atoms with Gasteiger partial charge in [-0.15, -0.1) is 0 Å². The van der Waals surface area contributed by atoms with Gasteiger partial charge < -0.3 is 9.64 Å². The molecule has 0 heterocycles. The summed E-state index contributed by atoms with van der Waals surface area (Å²) in [6, 6.07) is 3.90. The second-order valence-corrected chi connectivity index (χ2v) is 4.31. The fraction of sp³-hybridized carbons (Fsp3) is 0.429. The number of ether oxygens (including phenoxy) is 1. The molecule has 0 bridgehead atoms. The summed E-state index contributed by atoms with van der Waals surface area (Å²) >= 11 is 0. The van der Waals surface area contributed by atoms with Crippen molar-refractivity contribution in [2.75, 3.05) is 18.6 Å². The van der Waals surface area contributed by atoms with Crippen molar-refractivity contribution in [2.45, 2.75) is 27.7 Å². The lowest BCUT2D eigenvalue weighted by Crippen LogP contribution is -2.35. The Kier molecular flexibility index (Phi) is 4.48. The Bertz CT molecular complexity index is 480. The van der Waals surface area contributed by atoms with Crippen molar-refractivity contribution < 1.29 is 14.3 Å². The largest absolute Gasteiger partial charge is 0.459 e. The maximum Gasteiger partial charge on any atom is 0.397 e. The summed E-state index contributed by atoms with van der Waals surface area (Å²) in [6.45, 7) is 7.77. The van der Waals surface area contributed by atoms with Gasteiger partial charge in [0, 0.05) is 12.7 Å². The number of aryl methyl sites for hydroxylation is 3. The molecule has 0 spiro atoms. The van der Waals surface area contributed by atoms with Crippen LogP contribution in [-0.2, 0) is 14.3 Å². The van der Waals surface area contributed by atoms with Gasteiger partial charge in [-0.3, -0.25) is 4.79 Å². The fourth-order valence-electron chi connectivity index (χ4n) is 1.75. The van der Waals surface area contributed by atoms with E-state index in [1.165, 1.54) is 4.90 Å². The number of hydrogen-bond acceptors (Lipinski definition) is 3. The zero-order valence-electron chi connectivity index (χ0n) is 11.5. The zero-order valence-corrected chi connectivity index (χ0v) is 11.5. The zero-order chi connectivity index (χ0) is 13.9. The van der Waals surface area contributed by atoms with Crippen molar-refractivity contribution >= 4 is 17.6 Å². The van der Waals surface area contributed by atoms with Crippen LogP contribution in [-0.4, -0.2) is 25.5 Å². The topological polar surface area (TPSA) is 46.6 Å². The van der Waals surface area contributed by atoms with Gasteiger partial charge in [0.15, 0.2) is 0 Å². The minimum Gasteiger partial charge on any atom is -0.459 e. The van der Waals surface area contributed by atoms with Crippen LogP contribution in [0.25, 0.3) is 0 Å². The molecule has 0 aliphatic rings. The smallest absolute Gasteiger partial charge is 0.397 e. The molecule has 18 heavy (non-hydrogen) atoms. The summed E-state index contributed by atoms with van der Waals surface area (Å²) in [5.41, 5.74) is 3.93. The summed E-state index contributed by atoms with van der Waals surface area (Å²) in [7, 11) is 1.58. The van der Waals surface area contributed by atoms with Gasteiger partial charge in [-0.1, -0.05) is 6.07 Å². The molecule has 0 aromatic heterocycles. The predicted octanol–water partition coefficient (Wildman–Crippen LogP) is 2.14. The second kappa shape index (κ2) is 5.67. The van der Waals surface area contributed by atoms with Gasteiger partial charge in [0.1, 0.15) is 0 Å². The van der Waals surface area contributed by atoms with Gasteiger partial charge >= 0.3 is 11.9 Å². The van der Waals surface area contributed by atoms with E-state index in [4.69, 9.17) is 4.74 Å². The molecule has 1 amide bonds. The van der Waals surface area contributed by atoms with Crippen LogP contribution in [0.15, 0.2) is 12.1 Å². The predicted molar refractivity (Wildman–Crippen MR) is 70.7 cm³/mol. The number of benzene rings is 1. The number of rotatable bonds is 2. The Morgan fingerprint density at radius 1 is 1.11 bits per heavy atom. The molecule has 0 N–H and O–H groups in total. The molecule has 0 saturated carbocycles. The quantitative estimate of drug-likeness (QED) is 0.596. The van der Waals surface area contributed by atoms with Gasteiger partial charge in [-0.05, 0) is 50.5 Å². The van der Waals surface area contributed by atoms with Crippen molar-refractivity contribution in [3.8, 4) is 0 Å². The van der Waals surface area contributed by atoms with Crippen LogP contribution in [0, 0.1) is 20.8 Å². The average Bonchev–Trinajstić information content (AvgIpc) is 2.32. The third-order valence-corrected chi connectivity index (χ3v) is 2.93. The monoisotopic (exact) mass is 249 g/mol. The summed E-state index contributed by atoms with van der Waals surface area (Å²) in [5.74, 6) is -1.47. The number of esters is 1. The molecule has 0 aliphatic heterocycles. The van der Waals surface area contributed by atoms with E-state index in [2.05, 4.69) is 0 Å². The first-order chi connectivity index (χ1) is 8.38. The highest BCUT2D eigenvalue weighted by Crippen LogP contribution is 2.23. The maximum atomic E-state index is 11.8. The molecule has 98 valence electrons. The first-order valence-electron chi connectivity index (χ1n) is 5.91. The number of nitrogens with zero attached hydrogens (tertiary/aromatic N) is 1. The molecule has 1 rings (SSSR count). The first-order valence-corrected chi connectivity index (χ1v) is 5.91. The number of likely N-dealkylation sites (N-methyl/N-ethyl adjacent to an activating group) is 1. The molecule has 0 aliphatic carbocycles. The van der Waals surface area contributed by atoms with Crippen molar-refractivity contribution in [1.82, 2.24) is 0 Å². The number of carbonyl (C=O) groups is 2. The summed E-state index contributed by atoms with van der Waals surface area (Å²) < 4.78 is 4.71. The molecule has 4 heteroatoms. The maximum absolute atomic E-state index is 11.8. The Hall–Kier alpha value is -1.84. The number of carbonyl (C=O) groups excluding carboxylic acids is 2. The van der Waals surface area contributed by atoms with E-state index in [0.717, 1.165) is 22.4 Å². The van der Waals surface area contributed by atoms with E-state index in [0.29, 0.717) is 0 Å². The van der Waals surface area contributed by atoms with Crippen LogP contribution in [0.5, 0.6) is 0 Å². The molecule has 0 fully saturated rings. The van der Waals surface area contributed by atoms with Crippen molar-refractivity contribution in [1.29, 1.82) is 0 Å². The number of anilines is 1. The van der Waals surface area contributed by atoms with Crippen LogP contribution in [0.2, 0.25) is 0 Å². The van der Waals surface area contributed by atoms with Crippen molar-refractivity contribution in [3.05, 3.63) is 28.8 Å². The molecule has 0 saturated heterocycles. The molecule has 0 unspecified atom stereocenters. The Morgan fingerprint density at radius 3 is 2.22 bits per heavy atom. The highest BCUT2D eigenvalue weighted by Gasteiger charge is 2.22. The molecule has 4 nitrogen and oxygen atoms in total. The van der Waals surface area contributed by atoms with Crippen molar-refractivity contribution in [3.63, 3.8) is 0 Å². The summed E-state index contributed by atoms with van der Waals surface area (Å²) in [6.07, 6.45) is 0. The van der Waals surface area contributed by atoms with E-state index in [9.17, 15) is 9.59 Å². The van der Waals surface area contributed by atoms with Gasteiger partial charge in [-0.2, -0.15) is 0 Å². The summed E-state index contributed by atoms with van der Waals surface area (Å²) in [4.78, 5) is 24.6. The van der Waals surface area contributed by atoms with E-state index in [-0.39, 0.29) is 6.61 Å². The van der Waals surface area contributed by atoms with Gasteiger partial charge in [-0.25, -0.2) is 4.79 Å². The van der Waals surface area contributed by atoms with Crippen LogP contribution < -0.4 is 4.90 Å². The lowest BCUT2D eigenvalue weighted by molar-refractivity contribution is -0.153. The van der Waals surface area contributed by atoms with Crippen molar-refractivity contribution in [2.24, 2.45) is 0 Å². The lowest BCUT2D eigenvalue weighted by atomic mass is 10.0. The lowest BCUT2D eigenvalue weighted by Gasteiger charge is -2.19. The second-order valence-electron chi connectivity index (χ2n) is 4.31. The Balaban J connectivity index is 3.04. The van der Waals surface area contributed by atoms with Crippen LogP contribution in [0.3, 0.4) is 0 Å². The average molecular weight is 249 g/mol. The normalized spacial score (nSPS) is 10.1. The van der Waals surface area contributed by atoms with Crippen LogP contribution in [0.4, 0.5) is 5.69 Å². The van der Waals surface area contributed by atoms with Gasteiger partial charge in [0.2, 0.25) is 0 Å².